The molecule has 2 heteroatoms. The number of nitrogens with one attached hydrogen (secondary N) is 1. The highest BCUT2D eigenvalue weighted by molar-refractivity contribution is 5.66. The Morgan fingerprint density at radius 1 is 1.18 bits per heavy atom. The van der Waals surface area contributed by atoms with Crippen molar-refractivity contribution in [3.8, 4) is 11.3 Å². The topological polar surface area (TPSA) is 24.9 Å². The Balaban J connectivity index is 2.18. The Morgan fingerprint density at radius 3 is 2.94 bits per heavy atom. The maximum absolute atomic E-state index is 4.47. The second-order valence-corrected chi connectivity index (χ2v) is 4.63. The molecule has 3 rings (SSSR count). The average molecular weight is 224 g/mol. The first-order valence-corrected chi connectivity index (χ1v) is 6.10. The van der Waals surface area contributed by atoms with Crippen LogP contribution in [0, 0.1) is 0 Å². The van der Waals surface area contributed by atoms with Gasteiger partial charge < -0.3 is 5.32 Å². The van der Waals surface area contributed by atoms with Gasteiger partial charge >= 0.3 is 0 Å². The van der Waals surface area contributed by atoms with Gasteiger partial charge in [-0.05, 0) is 29.2 Å². The SMILES string of the molecule is CC1CNCc2cccc(-c3ccccn3)c21. The highest BCUT2D eigenvalue weighted by Gasteiger charge is 2.19. The molecule has 1 aliphatic heterocycles. The molecule has 86 valence electrons. The molecule has 2 aromatic rings. The number of pyridine rings is 1. The van der Waals surface area contributed by atoms with Crippen molar-refractivity contribution in [3.63, 3.8) is 0 Å². The minimum absolute atomic E-state index is 0.553. The zero-order valence-electron chi connectivity index (χ0n) is 9.98. The van der Waals surface area contributed by atoms with E-state index in [1.807, 2.05) is 18.3 Å². The van der Waals surface area contributed by atoms with Crippen molar-refractivity contribution in [2.24, 2.45) is 0 Å². The molecule has 1 aromatic heterocycles. The van der Waals surface area contributed by atoms with E-state index in [0.717, 1.165) is 18.8 Å². The zero-order valence-corrected chi connectivity index (χ0v) is 9.98. The molecule has 1 unspecified atom stereocenters. The lowest BCUT2D eigenvalue weighted by Gasteiger charge is -2.26. The Morgan fingerprint density at radius 2 is 2.12 bits per heavy atom. The van der Waals surface area contributed by atoms with Crippen LogP contribution in [0.25, 0.3) is 11.3 Å². The molecular weight excluding hydrogens is 208 g/mol. The maximum Gasteiger partial charge on any atom is 0.0704 e. The van der Waals surface area contributed by atoms with Gasteiger partial charge in [0.1, 0.15) is 0 Å². The molecule has 0 bridgehead atoms. The number of aromatic nitrogens is 1. The predicted molar refractivity (Wildman–Crippen MR) is 69.8 cm³/mol. The smallest absolute Gasteiger partial charge is 0.0704 e. The monoisotopic (exact) mass is 224 g/mol. The van der Waals surface area contributed by atoms with Gasteiger partial charge in [0.05, 0.1) is 5.69 Å². The highest BCUT2D eigenvalue weighted by Crippen LogP contribution is 2.32. The molecule has 0 fully saturated rings. The average Bonchev–Trinajstić information content (AvgIpc) is 2.39. The second kappa shape index (κ2) is 4.30. The third-order valence-corrected chi connectivity index (χ3v) is 3.40. The van der Waals surface area contributed by atoms with E-state index < -0.39 is 0 Å². The molecule has 1 aliphatic rings. The summed E-state index contributed by atoms with van der Waals surface area (Å²) < 4.78 is 0. The van der Waals surface area contributed by atoms with Crippen LogP contribution in [0.2, 0.25) is 0 Å². The minimum Gasteiger partial charge on any atom is -0.312 e. The molecule has 0 aliphatic carbocycles. The molecule has 1 N–H and O–H groups in total. The Kier molecular flexibility index (Phi) is 2.65. The van der Waals surface area contributed by atoms with Crippen molar-refractivity contribution in [2.75, 3.05) is 6.54 Å². The Labute approximate surface area is 102 Å². The van der Waals surface area contributed by atoms with Crippen molar-refractivity contribution < 1.29 is 0 Å². The normalized spacial score (nSPS) is 18.8. The van der Waals surface area contributed by atoms with Crippen LogP contribution in [-0.2, 0) is 6.54 Å². The van der Waals surface area contributed by atoms with E-state index in [0.29, 0.717) is 5.92 Å². The zero-order chi connectivity index (χ0) is 11.7. The van der Waals surface area contributed by atoms with Gasteiger partial charge in [-0.1, -0.05) is 31.2 Å². The summed E-state index contributed by atoms with van der Waals surface area (Å²) in [4.78, 5) is 4.47. The number of fused-ring (bicyclic) bond motifs is 1. The van der Waals surface area contributed by atoms with Gasteiger partial charge in [-0.2, -0.15) is 0 Å². The molecule has 0 amide bonds. The number of hydrogen-bond donors (Lipinski definition) is 1. The summed E-state index contributed by atoms with van der Waals surface area (Å²) in [6, 6.07) is 12.6. The molecule has 0 saturated carbocycles. The lowest BCUT2D eigenvalue weighted by atomic mass is 9.87. The summed E-state index contributed by atoms with van der Waals surface area (Å²) >= 11 is 0. The predicted octanol–water partition coefficient (Wildman–Crippen LogP) is 2.96. The fourth-order valence-electron chi connectivity index (χ4n) is 2.62. The van der Waals surface area contributed by atoms with Crippen LogP contribution < -0.4 is 5.32 Å². The highest BCUT2D eigenvalue weighted by atomic mass is 14.9. The van der Waals surface area contributed by atoms with E-state index in [9.17, 15) is 0 Å². The van der Waals surface area contributed by atoms with Crippen molar-refractivity contribution in [1.29, 1.82) is 0 Å². The van der Waals surface area contributed by atoms with E-state index in [1.54, 1.807) is 0 Å². The van der Waals surface area contributed by atoms with Gasteiger partial charge in [0.25, 0.3) is 0 Å². The van der Waals surface area contributed by atoms with Crippen LogP contribution in [0.5, 0.6) is 0 Å². The lowest BCUT2D eigenvalue weighted by Crippen LogP contribution is -2.27. The third kappa shape index (κ3) is 1.85. The molecule has 0 saturated heterocycles. The van der Waals surface area contributed by atoms with E-state index in [-0.39, 0.29) is 0 Å². The van der Waals surface area contributed by atoms with Crippen LogP contribution in [0.3, 0.4) is 0 Å². The molecule has 2 heterocycles. The van der Waals surface area contributed by atoms with Gasteiger partial charge in [0.15, 0.2) is 0 Å². The van der Waals surface area contributed by atoms with Gasteiger partial charge in [-0.15, -0.1) is 0 Å². The Bertz CT molecular complexity index is 520. The molecule has 1 atom stereocenters. The molecule has 17 heavy (non-hydrogen) atoms. The minimum atomic E-state index is 0.553. The van der Waals surface area contributed by atoms with Crippen molar-refractivity contribution in [3.05, 3.63) is 53.7 Å². The first-order valence-electron chi connectivity index (χ1n) is 6.10. The molecule has 0 radical (unpaired) electrons. The summed E-state index contributed by atoms with van der Waals surface area (Å²) in [5.74, 6) is 0.553. The van der Waals surface area contributed by atoms with Gasteiger partial charge in [0, 0.05) is 24.8 Å². The van der Waals surface area contributed by atoms with Gasteiger partial charge in [-0.3, -0.25) is 4.98 Å². The molecule has 2 nitrogen and oxygen atoms in total. The molecular formula is C15H16N2. The summed E-state index contributed by atoms with van der Waals surface area (Å²) in [5.41, 5.74) is 5.24. The second-order valence-electron chi connectivity index (χ2n) is 4.63. The van der Waals surface area contributed by atoms with E-state index in [1.165, 1.54) is 16.7 Å². The van der Waals surface area contributed by atoms with Crippen molar-refractivity contribution in [1.82, 2.24) is 10.3 Å². The van der Waals surface area contributed by atoms with E-state index in [4.69, 9.17) is 0 Å². The largest absolute Gasteiger partial charge is 0.312 e. The summed E-state index contributed by atoms with van der Waals surface area (Å²) in [6.07, 6.45) is 1.86. The third-order valence-electron chi connectivity index (χ3n) is 3.40. The van der Waals surface area contributed by atoms with Gasteiger partial charge in [-0.25, -0.2) is 0 Å². The van der Waals surface area contributed by atoms with Crippen molar-refractivity contribution in [2.45, 2.75) is 19.4 Å². The first kappa shape index (κ1) is 10.5. The quantitative estimate of drug-likeness (QED) is 0.805. The standard InChI is InChI=1S/C15H16N2/c1-11-9-16-10-12-5-4-6-13(15(11)12)14-7-2-3-8-17-14/h2-8,11,16H,9-10H2,1H3. The fourth-order valence-corrected chi connectivity index (χ4v) is 2.62. The van der Waals surface area contributed by atoms with Crippen molar-refractivity contribution >= 4 is 0 Å². The van der Waals surface area contributed by atoms with Crippen LogP contribution in [0.15, 0.2) is 42.6 Å². The lowest BCUT2D eigenvalue weighted by molar-refractivity contribution is 0.572. The maximum atomic E-state index is 4.47. The number of hydrogen-bond acceptors (Lipinski definition) is 2. The van der Waals surface area contributed by atoms with Crippen LogP contribution in [0.1, 0.15) is 24.0 Å². The number of rotatable bonds is 1. The van der Waals surface area contributed by atoms with Crippen LogP contribution in [-0.4, -0.2) is 11.5 Å². The molecule has 0 spiro atoms. The van der Waals surface area contributed by atoms with Crippen LogP contribution >= 0.6 is 0 Å². The number of nitrogens with zero attached hydrogens (tertiary/aromatic N) is 1. The van der Waals surface area contributed by atoms with E-state index >= 15 is 0 Å². The summed E-state index contributed by atoms with van der Waals surface area (Å²) in [5, 5.41) is 3.45. The van der Waals surface area contributed by atoms with Gasteiger partial charge in [0.2, 0.25) is 0 Å². The number of benzene rings is 1. The summed E-state index contributed by atoms with van der Waals surface area (Å²) in [7, 11) is 0. The molecule has 1 aromatic carbocycles. The Hall–Kier alpha value is -1.67. The first-order chi connectivity index (χ1) is 8.36. The van der Waals surface area contributed by atoms with E-state index in [2.05, 4.69) is 41.5 Å². The van der Waals surface area contributed by atoms with Crippen LogP contribution in [0.4, 0.5) is 0 Å². The summed E-state index contributed by atoms with van der Waals surface area (Å²) in [6.45, 7) is 4.30. The fraction of sp³-hybridized carbons (Fsp3) is 0.267.